The van der Waals surface area contributed by atoms with E-state index >= 15 is 0 Å². The molecule has 0 saturated heterocycles. The smallest absolute Gasteiger partial charge is 0.328 e. The minimum Gasteiger partial charge on any atom is -0.480 e. The van der Waals surface area contributed by atoms with Crippen molar-refractivity contribution in [2.45, 2.75) is 13.0 Å². The highest BCUT2D eigenvalue weighted by atomic mass is 79.9. The van der Waals surface area contributed by atoms with Gasteiger partial charge in [0.25, 0.3) is 0 Å². The van der Waals surface area contributed by atoms with Gasteiger partial charge in [-0.3, -0.25) is 4.68 Å². The molecule has 0 aliphatic heterocycles. The third kappa shape index (κ3) is 1.63. The number of carboxylic acid groups (broad SMARTS) is 1. The molecule has 0 radical (unpaired) electrons. The molecule has 66 valence electrons. The first-order valence-corrected chi connectivity index (χ1v) is 3.94. The van der Waals surface area contributed by atoms with Gasteiger partial charge in [0.1, 0.15) is 6.04 Å². The third-order valence-electron chi connectivity index (χ3n) is 1.40. The molecule has 1 N–H and O–H groups in total. The van der Waals surface area contributed by atoms with E-state index < -0.39 is 18.0 Å². The van der Waals surface area contributed by atoms with Crippen LogP contribution in [0.4, 0.5) is 4.39 Å². The number of nitrogens with zero attached hydrogens (tertiary/aromatic N) is 2. The molecular formula is C6H6BrFN2O2. The summed E-state index contributed by atoms with van der Waals surface area (Å²) < 4.78 is 13.8. The van der Waals surface area contributed by atoms with Crippen LogP contribution in [0.1, 0.15) is 13.0 Å². The van der Waals surface area contributed by atoms with Crippen LogP contribution in [0.25, 0.3) is 0 Å². The number of aliphatic carboxylic acids is 1. The highest BCUT2D eigenvalue weighted by Crippen LogP contribution is 2.15. The van der Waals surface area contributed by atoms with E-state index in [2.05, 4.69) is 21.0 Å². The topological polar surface area (TPSA) is 55.1 Å². The number of hydrogen-bond donors (Lipinski definition) is 1. The van der Waals surface area contributed by atoms with Crippen molar-refractivity contribution in [1.82, 2.24) is 9.78 Å². The molecule has 12 heavy (non-hydrogen) atoms. The lowest BCUT2D eigenvalue weighted by atomic mass is 10.4. The molecular weight excluding hydrogens is 231 g/mol. The van der Waals surface area contributed by atoms with Gasteiger partial charge in [0, 0.05) is 6.20 Å². The summed E-state index contributed by atoms with van der Waals surface area (Å²) >= 11 is 2.88. The van der Waals surface area contributed by atoms with Gasteiger partial charge in [-0.05, 0) is 22.9 Å². The van der Waals surface area contributed by atoms with Crippen molar-refractivity contribution in [3.63, 3.8) is 0 Å². The van der Waals surface area contributed by atoms with Gasteiger partial charge in [0.2, 0.25) is 5.95 Å². The number of rotatable bonds is 2. The minimum atomic E-state index is -1.05. The van der Waals surface area contributed by atoms with Crippen LogP contribution in [0.15, 0.2) is 10.7 Å². The lowest BCUT2D eigenvalue weighted by Gasteiger charge is -2.04. The Morgan fingerprint density at radius 1 is 1.92 bits per heavy atom. The van der Waals surface area contributed by atoms with Crippen LogP contribution in [-0.2, 0) is 4.79 Å². The molecule has 0 saturated carbocycles. The molecule has 1 rings (SSSR count). The Morgan fingerprint density at radius 2 is 2.50 bits per heavy atom. The molecule has 6 heteroatoms. The van der Waals surface area contributed by atoms with Crippen LogP contribution >= 0.6 is 15.9 Å². The summed E-state index contributed by atoms with van der Waals surface area (Å²) in [5.41, 5.74) is 0. The van der Waals surface area contributed by atoms with Crippen molar-refractivity contribution < 1.29 is 14.3 Å². The molecule has 0 fully saturated rings. The molecule has 1 unspecified atom stereocenters. The second-order valence-electron chi connectivity index (χ2n) is 2.26. The molecule has 1 aromatic heterocycles. The first kappa shape index (κ1) is 9.18. The van der Waals surface area contributed by atoms with Crippen LogP contribution in [0.5, 0.6) is 0 Å². The molecule has 0 aliphatic carbocycles. The summed E-state index contributed by atoms with van der Waals surface area (Å²) in [6, 6.07) is -0.856. The van der Waals surface area contributed by atoms with E-state index in [-0.39, 0.29) is 4.47 Å². The predicted octanol–water partition coefficient (Wildman–Crippen LogP) is 1.43. The molecule has 1 heterocycles. The normalized spacial score (nSPS) is 12.9. The van der Waals surface area contributed by atoms with Crippen LogP contribution in [0.2, 0.25) is 0 Å². The Hall–Kier alpha value is -0.910. The summed E-state index contributed by atoms with van der Waals surface area (Å²) in [4.78, 5) is 10.4. The van der Waals surface area contributed by atoms with Crippen LogP contribution in [-0.4, -0.2) is 20.9 Å². The standard InChI is InChI=1S/C6H6BrFN2O2/c1-3(6(11)12)10-2-4(7)5(8)9-10/h2-3H,1H3,(H,11,12). The summed E-state index contributed by atoms with van der Waals surface area (Å²) in [7, 11) is 0. The second kappa shape index (κ2) is 3.22. The van der Waals surface area contributed by atoms with E-state index in [1.54, 1.807) is 0 Å². The maximum atomic E-state index is 12.6. The quantitative estimate of drug-likeness (QED) is 0.846. The first-order valence-electron chi connectivity index (χ1n) is 3.15. The Morgan fingerprint density at radius 3 is 2.83 bits per heavy atom. The molecule has 0 bridgehead atoms. The van der Waals surface area contributed by atoms with Gasteiger partial charge in [0.15, 0.2) is 0 Å². The van der Waals surface area contributed by atoms with Gasteiger partial charge in [-0.25, -0.2) is 4.79 Å². The zero-order chi connectivity index (χ0) is 9.30. The second-order valence-corrected chi connectivity index (χ2v) is 3.12. The molecule has 4 nitrogen and oxygen atoms in total. The number of halogens is 2. The Kier molecular flexibility index (Phi) is 2.46. The van der Waals surface area contributed by atoms with Crippen molar-refractivity contribution in [1.29, 1.82) is 0 Å². The highest BCUT2D eigenvalue weighted by molar-refractivity contribution is 9.10. The van der Waals surface area contributed by atoms with Crippen LogP contribution < -0.4 is 0 Å². The molecule has 1 atom stereocenters. The van der Waals surface area contributed by atoms with Gasteiger partial charge < -0.3 is 5.11 Å². The van der Waals surface area contributed by atoms with E-state index in [1.807, 2.05) is 0 Å². The number of hydrogen-bond acceptors (Lipinski definition) is 2. The molecule has 1 aromatic rings. The van der Waals surface area contributed by atoms with Gasteiger partial charge in [-0.15, -0.1) is 5.10 Å². The van der Waals surface area contributed by atoms with Gasteiger partial charge >= 0.3 is 5.97 Å². The summed E-state index contributed by atoms with van der Waals surface area (Å²) in [5.74, 6) is -1.76. The maximum absolute atomic E-state index is 12.6. The fraction of sp³-hybridized carbons (Fsp3) is 0.333. The summed E-state index contributed by atoms with van der Waals surface area (Å²) in [6.07, 6.45) is 1.29. The predicted molar refractivity (Wildman–Crippen MR) is 42.2 cm³/mol. The third-order valence-corrected chi connectivity index (χ3v) is 1.93. The fourth-order valence-electron chi connectivity index (χ4n) is 0.659. The average molecular weight is 237 g/mol. The van der Waals surface area contributed by atoms with Crippen LogP contribution in [0, 0.1) is 5.95 Å². The Balaban J connectivity index is 2.96. The molecule has 0 spiro atoms. The van der Waals surface area contributed by atoms with Crippen molar-refractivity contribution in [3.05, 3.63) is 16.6 Å². The van der Waals surface area contributed by atoms with Crippen molar-refractivity contribution >= 4 is 21.9 Å². The average Bonchev–Trinajstić information content (AvgIpc) is 2.30. The largest absolute Gasteiger partial charge is 0.480 e. The van der Waals surface area contributed by atoms with Gasteiger partial charge in [0.05, 0.1) is 4.47 Å². The van der Waals surface area contributed by atoms with E-state index in [4.69, 9.17) is 5.11 Å². The lowest BCUT2D eigenvalue weighted by Crippen LogP contribution is -2.15. The zero-order valence-electron chi connectivity index (χ0n) is 6.16. The number of carboxylic acids is 1. The molecule has 0 amide bonds. The molecule has 0 aromatic carbocycles. The lowest BCUT2D eigenvalue weighted by molar-refractivity contribution is -0.140. The van der Waals surface area contributed by atoms with Gasteiger partial charge in [-0.2, -0.15) is 4.39 Å². The Bertz CT molecular complexity index is 293. The van der Waals surface area contributed by atoms with Gasteiger partial charge in [-0.1, -0.05) is 0 Å². The monoisotopic (exact) mass is 236 g/mol. The number of aromatic nitrogens is 2. The zero-order valence-corrected chi connectivity index (χ0v) is 7.75. The minimum absolute atomic E-state index is 0.163. The van der Waals surface area contributed by atoms with E-state index in [9.17, 15) is 9.18 Å². The maximum Gasteiger partial charge on any atom is 0.328 e. The van der Waals surface area contributed by atoms with E-state index in [0.29, 0.717) is 0 Å². The molecule has 0 aliphatic rings. The van der Waals surface area contributed by atoms with Crippen LogP contribution in [0.3, 0.4) is 0 Å². The first-order chi connectivity index (χ1) is 5.52. The number of carbonyl (C=O) groups is 1. The highest BCUT2D eigenvalue weighted by Gasteiger charge is 2.16. The SMILES string of the molecule is CC(C(=O)O)n1cc(Br)c(F)n1. The van der Waals surface area contributed by atoms with E-state index in [0.717, 1.165) is 4.68 Å². The fourth-order valence-corrected chi connectivity index (χ4v) is 0.948. The Labute approximate surface area is 76.1 Å². The van der Waals surface area contributed by atoms with Crippen molar-refractivity contribution in [2.75, 3.05) is 0 Å². The van der Waals surface area contributed by atoms with E-state index in [1.165, 1.54) is 13.1 Å². The van der Waals surface area contributed by atoms with Crippen molar-refractivity contribution in [2.24, 2.45) is 0 Å². The summed E-state index contributed by atoms with van der Waals surface area (Å²) in [6.45, 7) is 1.42. The van der Waals surface area contributed by atoms with Crippen molar-refractivity contribution in [3.8, 4) is 0 Å². The summed E-state index contributed by atoms with van der Waals surface area (Å²) in [5, 5.41) is 11.9.